The highest BCUT2D eigenvalue weighted by molar-refractivity contribution is 9.10. The number of rotatable bonds is 4. The smallest absolute Gasteiger partial charge is 0.162 e. The minimum Gasteiger partial charge on any atom is -0.504 e. The highest BCUT2D eigenvalue weighted by Gasteiger charge is 2.25. The molecule has 1 fully saturated rings. The summed E-state index contributed by atoms with van der Waals surface area (Å²) < 4.78 is 5.98. The van der Waals surface area contributed by atoms with Crippen molar-refractivity contribution >= 4 is 15.9 Å². The van der Waals surface area contributed by atoms with Gasteiger partial charge in [0.15, 0.2) is 11.5 Å². The molecule has 0 bridgehead atoms. The molecule has 0 radical (unpaired) electrons. The molecule has 5 nitrogen and oxygen atoms in total. The third-order valence-electron chi connectivity index (χ3n) is 3.41. The molecule has 1 aromatic rings. The van der Waals surface area contributed by atoms with Gasteiger partial charge in [0.2, 0.25) is 0 Å². The zero-order valence-electron chi connectivity index (χ0n) is 10.9. The molecule has 1 aromatic carbocycles. The van der Waals surface area contributed by atoms with Crippen LogP contribution in [0.25, 0.3) is 0 Å². The molecule has 6 heteroatoms. The maximum atomic E-state index is 10.2. The number of aliphatic hydroxyl groups excluding tert-OH is 1. The van der Waals surface area contributed by atoms with Crippen molar-refractivity contribution in [1.29, 1.82) is 0 Å². The molecule has 19 heavy (non-hydrogen) atoms. The quantitative estimate of drug-likeness (QED) is 0.771. The van der Waals surface area contributed by atoms with E-state index in [1.54, 1.807) is 6.07 Å². The third kappa shape index (κ3) is 3.20. The van der Waals surface area contributed by atoms with Crippen molar-refractivity contribution in [3.8, 4) is 11.5 Å². The summed E-state index contributed by atoms with van der Waals surface area (Å²) in [6.07, 6.45) is 0. The maximum absolute atomic E-state index is 10.2. The van der Waals surface area contributed by atoms with Gasteiger partial charge in [-0.25, -0.2) is 0 Å². The van der Waals surface area contributed by atoms with Crippen LogP contribution in [0.1, 0.15) is 11.6 Å². The van der Waals surface area contributed by atoms with E-state index in [2.05, 4.69) is 26.1 Å². The van der Waals surface area contributed by atoms with Crippen molar-refractivity contribution in [2.75, 3.05) is 39.9 Å². The van der Waals surface area contributed by atoms with Gasteiger partial charge in [0.05, 0.1) is 19.8 Å². The van der Waals surface area contributed by atoms with E-state index < -0.39 is 0 Å². The second-order valence-corrected chi connectivity index (χ2v) is 5.45. The number of aliphatic hydroxyl groups is 1. The fourth-order valence-corrected chi connectivity index (χ4v) is 2.86. The number of ether oxygens (including phenoxy) is 1. The molecule has 0 aliphatic carbocycles. The molecule has 1 atom stereocenters. The van der Waals surface area contributed by atoms with Crippen molar-refractivity contribution in [3.05, 3.63) is 22.2 Å². The number of aromatic hydroxyl groups is 1. The lowest BCUT2D eigenvalue weighted by Crippen LogP contribution is -2.46. The van der Waals surface area contributed by atoms with Gasteiger partial charge in [-0.05, 0) is 12.1 Å². The van der Waals surface area contributed by atoms with Gasteiger partial charge in [-0.3, -0.25) is 4.90 Å². The molecule has 2 rings (SSSR count). The van der Waals surface area contributed by atoms with Gasteiger partial charge in [-0.15, -0.1) is 0 Å². The number of hydrogen-bond acceptors (Lipinski definition) is 5. The summed E-state index contributed by atoms with van der Waals surface area (Å²) in [6, 6.07) is 3.33. The van der Waals surface area contributed by atoms with Gasteiger partial charge in [0.25, 0.3) is 0 Å². The molecular weight excluding hydrogens is 312 g/mol. The van der Waals surface area contributed by atoms with E-state index in [1.165, 1.54) is 7.11 Å². The zero-order valence-corrected chi connectivity index (χ0v) is 12.5. The molecule has 0 amide bonds. The minimum atomic E-state index is -0.214. The van der Waals surface area contributed by atoms with Gasteiger partial charge in [-0.2, -0.15) is 0 Å². The highest BCUT2D eigenvalue weighted by Crippen LogP contribution is 2.38. The predicted octanol–water partition coefficient (Wildman–Crippen LogP) is 1.10. The number of piperazine rings is 1. The van der Waals surface area contributed by atoms with Crippen LogP contribution in [0.2, 0.25) is 0 Å². The lowest BCUT2D eigenvalue weighted by molar-refractivity contribution is 0.108. The summed E-state index contributed by atoms with van der Waals surface area (Å²) in [5, 5.41) is 23.2. The maximum Gasteiger partial charge on any atom is 0.162 e. The van der Waals surface area contributed by atoms with Crippen molar-refractivity contribution in [3.63, 3.8) is 0 Å². The molecule has 1 heterocycles. The lowest BCUT2D eigenvalue weighted by Gasteiger charge is -2.34. The Labute approximate surface area is 121 Å². The van der Waals surface area contributed by atoms with Crippen molar-refractivity contribution in [2.24, 2.45) is 0 Å². The number of methoxy groups -OCH3 is 1. The second-order valence-electron chi connectivity index (χ2n) is 4.53. The summed E-state index contributed by atoms with van der Waals surface area (Å²) >= 11 is 3.41. The Bertz CT molecular complexity index is 436. The van der Waals surface area contributed by atoms with Gasteiger partial charge in [-0.1, -0.05) is 15.9 Å². The largest absolute Gasteiger partial charge is 0.504 e. The first-order chi connectivity index (χ1) is 9.17. The predicted molar refractivity (Wildman–Crippen MR) is 76.6 cm³/mol. The summed E-state index contributed by atoms with van der Waals surface area (Å²) in [5.74, 6) is 0.515. The minimum absolute atomic E-state index is 0.0346. The highest BCUT2D eigenvalue weighted by atomic mass is 79.9. The van der Waals surface area contributed by atoms with E-state index >= 15 is 0 Å². The molecule has 1 saturated heterocycles. The Morgan fingerprint density at radius 2 is 2.11 bits per heavy atom. The first-order valence-electron chi connectivity index (χ1n) is 6.29. The Hall–Kier alpha value is -0.820. The number of nitrogens with zero attached hydrogens (tertiary/aromatic N) is 1. The Morgan fingerprint density at radius 1 is 1.42 bits per heavy atom. The van der Waals surface area contributed by atoms with Gasteiger partial charge in [0, 0.05) is 36.2 Å². The molecular formula is C13H19BrN2O3. The number of phenolic OH excluding ortho intramolecular Hbond substituents is 1. The Kier molecular flexibility index (Phi) is 5.04. The van der Waals surface area contributed by atoms with Crippen molar-refractivity contribution < 1.29 is 14.9 Å². The summed E-state index contributed by atoms with van der Waals surface area (Å²) in [4.78, 5) is 2.16. The monoisotopic (exact) mass is 330 g/mol. The van der Waals surface area contributed by atoms with Crippen LogP contribution in [-0.2, 0) is 0 Å². The number of halogens is 1. The standard InChI is InChI=1S/C13H19BrN2O3/c1-19-12-7-9(14)6-10(13(12)18)11(8-17)16-4-2-15-3-5-16/h6-7,11,15,17-18H,2-5,8H2,1H3/t11-/m1/s1. The van der Waals surface area contributed by atoms with Gasteiger partial charge in [0.1, 0.15) is 0 Å². The number of nitrogens with one attached hydrogen (secondary N) is 1. The number of hydrogen-bond donors (Lipinski definition) is 3. The van der Waals surface area contributed by atoms with Crippen LogP contribution in [0.5, 0.6) is 11.5 Å². The van der Waals surface area contributed by atoms with E-state index in [-0.39, 0.29) is 18.4 Å². The van der Waals surface area contributed by atoms with Gasteiger partial charge < -0.3 is 20.3 Å². The fourth-order valence-electron chi connectivity index (χ4n) is 2.41. The Balaban J connectivity index is 2.34. The van der Waals surface area contributed by atoms with Gasteiger partial charge >= 0.3 is 0 Å². The molecule has 0 aromatic heterocycles. The SMILES string of the molecule is COc1cc(Br)cc([C@@H](CO)N2CCNCC2)c1O. The van der Waals surface area contributed by atoms with Crippen LogP contribution < -0.4 is 10.1 Å². The molecule has 1 aliphatic rings. The average molecular weight is 331 g/mol. The van der Waals surface area contributed by atoms with E-state index in [4.69, 9.17) is 4.74 Å². The lowest BCUT2D eigenvalue weighted by atomic mass is 10.0. The van der Waals surface area contributed by atoms with Crippen molar-refractivity contribution in [2.45, 2.75) is 6.04 Å². The first-order valence-corrected chi connectivity index (χ1v) is 7.08. The van der Waals surface area contributed by atoms with Crippen LogP contribution in [0, 0.1) is 0 Å². The Morgan fingerprint density at radius 3 is 2.68 bits per heavy atom. The topological polar surface area (TPSA) is 65.0 Å². The summed E-state index contributed by atoms with van der Waals surface area (Å²) in [6.45, 7) is 3.44. The van der Waals surface area contributed by atoms with Crippen LogP contribution >= 0.6 is 15.9 Å². The van der Waals surface area contributed by atoms with Crippen molar-refractivity contribution in [1.82, 2.24) is 10.2 Å². The normalized spacial score (nSPS) is 18.3. The van der Waals surface area contributed by atoms with Crippen LogP contribution in [-0.4, -0.2) is 55.0 Å². The molecule has 0 spiro atoms. The van der Waals surface area contributed by atoms with Crippen LogP contribution in [0.4, 0.5) is 0 Å². The summed E-state index contributed by atoms with van der Waals surface area (Å²) in [7, 11) is 1.52. The summed E-state index contributed by atoms with van der Waals surface area (Å²) in [5.41, 5.74) is 0.690. The molecule has 3 N–H and O–H groups in total. The number of benzene rings is 1. The number of phenols is 1. The third-order valence-corrected chi connectivity index (χ3v) is 3.87. The van der Waals surface area contributed by atoms with E-state index in [9.17, 15) is 10.2 Å². The average Bonchev–Trinajstić information content (AvgIpc) is 2.44. The first kappa shape index (κ1) is 14.6. The second kappa shape index (κ2) is 6.56. The molecule has 0 unspecified atom stereocenters. The van der Waals surface area contributed by atoms with Crippen LogP contribution in [0.3, 0.4) is 0 Å². The molecule has 106 valence electrons. The molecule has 0 saturated carbocycles. The van der Waals surface area contributed by atoms with E-state index in [0.29, 0.717) is 11.3 Å². The molecule has 1 aliphatic heterocycles. The van der Waals surface area contributed by atoms with Crippen LogP contribution in [0.15, 0.2) is 16.6 Å². The fraction of sp³-hybridized carbons (Fsp3) is 0.538. The van der Waals surface area contributed by atoms with E-state index in [1.807, 2.05) is 6.07 Å². The zero-order chi connectivity index (χ0) is 13.8. The van der Waals surface area contributed by atoms with E-state index in [0.717, 1.165) is 30.7 Å².